The Morgan fingerprint density at radius 2 is 1.77 bits per heavy atom. The van der Waals surface area contributed by atoms with Crippen molar-refractivity contribution in [3.63, 3.8) is 0 Å². The summed E-state index contributed by atoms with van der Waals surface area (Å²) < 4.78 is 4.46. The maximum atomic E-state index is 10.5. The van der Waals surface area contributed by atoms with Crippen LogP contribution in [0, 0.1) is 0 Å². The molecule has 0 aliphatic carbocycles. The molecule has 0 heterocycles. The van der Waals surface area contributed by atoms with Crippen molar-refractivity contribution < 1.29 is 24.5 Å². The highest BCUT2D eigenvalue weighted by Gasteiger charge is 1.99. The molecule has 0 amide bonds. The van der Waals surface area contributed by atoms with Gasteiger partial charge in [-0.15, -0.1) is 0 Å². The second kappa shape index (κ2) is 8.73. The topological polar surface area (TPSA) is 83.8 Å². The minimum atomic E-state index is -0.833. The van der Waals surface area contributed by atoms with Crippen LogP contribution in [0.1, 0.15) is 13.8 Å². The molecule has 0 rings (SSSR count). The van der Waals surface area contributed by atoms with Gasteiger partial charge in [-0.2, -0.15) is 0 Å². The molecule has 0 saturated carbocycles. The van der Waals surface area contributed by atoms with Crippen molar-refractivity contribution in [1.82, 2.24) is 0 Å². The van der Waals surface area contributed by atoms with Crippen molar-refractivity contribution in [1.29, 1.82) is 0 Å². The number of rotatable bonds is 3. The molecule has 0 radical (unpaired) electrons. The predicted molar refractivity (Wildman–Crippen MR) is 46.2 cm³/mol. The summed E-state index contributed by atoms with van der Waals surface area (Å²) in [7, 11) is 0. The minimum absolute atomic E-state index is 0.0473. The van der Waals surface area contributed by atoms with Gasteiger partial charge in [-0.25, -0.2) is 4.79 Å². The molecule has 0 aromatic heterocycles. The average molecular weight is 190 g/mol. The summed E-state index contributed by atoms with van der Waals surface area (Å²) in [4.78, 5) is 19.5. The summed E-state index contributed by atoms with van der Waals surface area (Å²) in [5, 5.41) is 15.6. The highest BCUT2D eigenvalue weighted by molar-refractivity contribution is 5.86. The molecule has 0 aromatic carbocycles. The lowest BCUT2D eigenvalue weighted by molar-refractivity contribution is -0.140. The summed E-state index contributed by atoms with van der Waals surface area (Å²) >= 11 is 0. The Morgan fingerprint density at radius 1 is 1.38 bits per heavy atom. The van der Waals surface area contributed by atoms with Crippen LogP contribution in [0.25, 0.3) is 0 Å². The smallest absolute Gasteiger partial charge is 0.333 e. The highest BCUT2D eigenvalue weighted by Crippen LogP contribution is 1.89. The zero-order valence-electron chi connectivity index (χ0n) is 7.74. The zero-order chi connectivity index (χ0) is 10.9. The fourth-order valence-corrected chi connectivity index (χ4v) is 0.262. The van der Waals surface area contributed by atoms with E-state index in [-0.39, 0.29) is 13.2 Å². The average Bonchev–Trinajstić information content (AvgIpc) is 1.98. The Bertz CT molecular complexity index is 181. The van der Waals surface area contributed by atoms with E-state index in [4.69, 9.17) is 15.0 Å². The maximum absolute atomic E-state index is 10.5. The van der Waals surface area contributed by atoms with Crippen molar-refractivity contribution in [2.45, 2.75) is 13.8 Å². The first-order valence-electron chi connectivity index (χ1n) is 3.54. The quantitative estimate of drug-likeness (QED) is 0.490. The van der Waals surface area contributed by atoms with Crippen LogP contribution < -0.4 is 0 Å². The first-order valence-corrected chi connectivity index (χ1v) is 3.54. The number of esters is 1. The fourth-order valence-electron chi connectivity index (χ4n) is 0.262. The van der Waals surface area contributed by atoms with Crippen molar-refractivity contribution in [2.24, 2.45) is 0 Å². The summed E-state index contributed by atoms with van der Waals surface area (Å²) in [6, 6.07) is 0. The predicted octanol–water partition coefficient (Wildman–Crippen LogP) is 0.189. The van der Waals surface area contributed by atoms with Gasteiger partial charge >= 0.3 is 5.97 Å². The number of aliphatic carboxylic acids is 1. The van der Waals surface area contributed by atoms with Gasteiger partial charge in [0.05, 0.1) is 6.61 Å². The summed E-state index contributed by atoms with van der Waals surface area (Å²) in [6.07, 6.45) is 0. The molecule has 2 N–H and O–H groups in total. The lowest BCUT2D eigenvalue weighted by atomic mass is 10.4. The first kappa shape index (κ1) is 14.2. The lowest BCUT2D eigenvalue weighted by Gasteiger charge is -1.99. The molecule has 13 heavy (non-hydrogen) atoms. The fraction of sp³-hybridized carbons (Fsp3) is 0.500. The van der Waals surface area contributed by atoms with Crippen molar-refractivity contribution in [3.05, 3.63) is 12.2 Å². The monoisotopic (exact) mass is 190 g/mol. The standard InChI is InChI=1S/C6H10O3.C2H4O2/c1-5(2)6(8)9-4-3-7;1-2(3)4/h7H,1,3-4H2,2H3;1H3,(H,3,4). The van der Waals surface area contributed by atoms with E-state index in [9.17, 15) is 4.79 Å². The number of hydrogen-bond acceptors (Lipinski definition) is 4. The van der Waals surface area contributed by atoms with Crippen LogP contribution in [0.5, 0.6) is 0 Å². The highest BCUT2D eigenvalue weighted by atomic mass is 16.5. The molecular weight excluding hydrogens is 176 g/mol. The number of carbonyl (C=O) groups excluding carboxylic acids is 1. The molecule has 5 heteroatoms. The van der Waals surface area contributed by atoms with Crippen molar-refractivity contribution in [2.75, 3.05) is 13.2 Å². The van der Waals surface area contributed by atoms with Gasteiger partial charge in [0, 0.05) is 12.5 Å². The number of ether oxygens (including phenoxy) is 1. The second-order valence-electron chi connectivity index (χ2n) is 2.16. The SMILES string of the molecule is C=C(C)C(=O)OCCO.CC(=O)O. The van der Waals surface area contributed by atoms with Gasteiger partial charge in [-0.05, 0) is 6.92 Å². The van der Waals surface area contributed by atoms with Gasteiger partial charge in [-0.1, -0.05) is 6.58 Å². The molecule has 0 atom stereocenters. The third-order valence-electron chi connectivity index (χ3n) is 0.673. The van der Waals surface area contributed by atoms with E-state index < -0.39 is 11.9 Å². The molecule has 0 spiro atoms. The number of carboxylic acid groups (broad SMARTS) is 1. The van der Waals surface area contributed by atoms with Gasteiger partial charge in [-0.3, -0.25) is 4.79 Å². The van der Waals surface area contributed by atoms with Crippen LogP contribution in [-0.2, 0) is 14.3 Å². The maximum Gasteiger partial charge on any atom is 0.333 e. The molecule has 0 saturated heterocycles. The van der Waals surface area contributed by atoms with Crippen LogP contribution in [-0.4, -0.2) is 35.4 Å². The molecule has 0 aromatic rings. The third-order valence-corrected chi connectivity index (χ3v) is 0.673. The number of carbonyl (C=O) groups is 2. The van der Waals surface area contributed by atoms with Crippen molar-refractivity contribution in [3.8, 4) is 0 Å². The minimum Gasteiger partial charge on any atom is -0.481 e. The summed E-state index contributed by atoms with van der Waals surface area (Å²) in [6.45, 7) is 5.90. The van der Waals surface area contributed by atoms with E-state index in [2.05, 4.69) is 11.3 Å². The number of hydrogen-bond donors (Lipinski definition) is 2. The van der Waals surface area contributed by atoms with Gasteiger partial charge in [0.25, 0.3) is 5.97 Å². The van der Waals surface area contributed by atoms with E-state index in [1.165, 1.54) is 0 Å². The van der Waals surface area contributed by atoms with Gasteiger partial charge < -0.3 is 14.9 Å². The van der Waals surface area contributed by atoms with Gasteiger partial charge in [0.15, 0.2) is 0 Å². The Morgan fingerprint density at radius 3 is 2.00 bits per heavy atom. The molecule has 0 aliphatic rings. The third kappa shape index (κ3) is 18.0. The normalized spacial score (nSPS) is 7.92. The number of aliphatic hydroxyl groups is 1. The van der Waals surface area contributed by atoms with E-state index in [1.54, 1.807) is 6.92 Å². The zero-order valence-corrected chi connectivity index (χ0v) is 7.74. The molecule has 76 valence electrons. The van der Waals surface area contributed by atoms with Crippen LogP contribution in [0.4, 0.5) is 0 Å². The van der Waals surface area contributed by atoms with Crippen LogP contribution in [0.3, 0.4) is 0 Å². The Hall–Kier alpha value is -1.36. The van der Waals surface area contributed by atoms with E-state index in [0.29, 0.717) is 5.57 Å². The summed E-state index contributed by atoms with van der Waals surface area (Å²) in [5.41, 5.74) is 0.350. The lowest BCUT2D eigenvalue weighted by Crippen LogP contribution is -2.08. The molecular formula is C8H14O5. The molecule has 0 bridgehead atoms. The Labute approximate surface area is 76.6 Å². The first-order chi connectivity index (χ1) is 5.91. The molecule has 0 fully saturated rings. The Kier molecular flexibility index (Phi) is 9.53. The van der Waals surface area contributed by atoms with E-state index >= 15 is 0 Å². The number of aliphatic hydroxyl groups excluding tert-OH is 1. The Balaban J connectivity index is 0. The van der Waals surface area contributed by atoms with Crippen molar-refractivity contribution >= 4 is 11.9 Å². The number of carboxylic acids is 1. The largest absolute Gasteiger partial charge is 0.481 e. The van der Waals surface area contributed by atoms with E-state index in [0.717, 1.165) is 6.92 Å². The van der Waals surface area contributed by atoms with Crippen LogP contribution in [0.15, 0.2) is 12.2 Å². The molecule has 5 nitrogen and oxygen atoms in total. The second-order valence-corrected chi connectivity index (χ2v) is 2.16. The van der Waals surface area contributed by atoms with Gasteiger partial charge in [0.2, 0.25) is 0 Å². The molecule has 0 unspecified atom stereocenters. The van der Waals surface area contributed by atoms with Crippen LogP contribution in [0.2, 0.25) is 0 Å². The summed E-state index contributed by atoms with van der Waals surface area (Å²) in [5.74, 6) is -1.29. The van der Waals surface area contributed by atoms with E-state index in [1.807, 2.05) is 0 Å². The van der Waals surface area contributed by atoms with Crippen LogP contribution >= 0.6 is 0 Å². The molecule has 0 aliphatic heterocycles. The van der Waals surface area contributed by atoms with Gasteiger partial charge in [0.1, 0.15) is 6.61 Å².